The summed E-state index contributed by atoms with van der Waals surface area (Å²) in [7, 11) is -2.24. The Labute approximate surface area is 162 Å². The van der Waals surface area contributed by atoms with Crippen LogP contribution in [0.3, 0.4) is 0 Å². The molecule has 0 radical (unpaired) electrons. The number of nitro groups is 1. The van der Waals surface area contributed by atoms with E-state index >= 15 is 0 Å². The van der Waals surface area contributed by atoms with Crippen LogP contribution in [-0.4, -0.2) is 50.9 Å². The maximum absolute atomic E-state index is 12.8. The molecule has 2 aromatic rings. The Morgan fingerprint density at radius 1 is 1.11 bits per heavy atom. The molecule has 1 saturated heterocycles. The van der Waals surface area contributed by atoms with Crippen LogP contribution in [0.15, 0.2) is 47.4 Å². The largest absolute Gasteiger partial charge is 0.497 e. The Kier molecular flexibility index (Phi) is 5.54. The normalized spacial score (nSPS) is 15.6. The summed E-state index contributed by atoms with van der Waals surface area (Å²) in [6, 6.07) is 11.1. The van der Waals surface area contributed by atoms with Gasteiger partial charge in [-0.15, -0.1) is 0 Å². The van der Waals surface area contributed by atoms with Crippen molar-refractivity contribution in [2.24, 2.45) is 0 Å². The zero-order valence-corrected chi connectivity index (χ0v) is 16.1. The Bertz CT molecular complexity index is 959. The lowest BCUT2D eigenvalue weighted by Crippen LogP contribution is -2.48. The predicted molar refractivity (Wildman–Crippen MR) is 102 cm³/mol. The number of hydrogen-bond donors (Lipinski definition) is 0. The van der Waals surface area contributed by atoms with Crippen molar-refractivity contribution in [3.05, 3.63) is 57.6 Å². The number of rotatable bonds is 5. The maximum atomic E-state index is 12.8. The number of anilines is 1. The molecule has 0 bridgehead atoms. The zero-order valence-electron chi connectivity index (χ0n) is 14.5. The minimum Gasteiger partial charge on any atom is -0.497 e. The van der Waals surface area contributed by atoms with E-state index in [2.05, 4.69) is 4.90 Å². The first-order valence-corrected chi connectivity index (χ1v) is 9.98. The lowest BCUT2D eigenvalue weighted by molar-refractivity contribution is -0.384. The minimum atomic E-state index is -3.83. The van der Waals surface area contributed by atoms with Crippen molar-refractivity contribution in [2.45, 2.75) is 4.90 Å². The maximum Gasteiger partial charge on any atom is 0.289 e. The summed E-state index contributed by atoms with van der Waals surface area (Å²) in [5, 5.41) is 10.9. The van der Waals surface area contributed by atoms with Crippen molar-refractivity contribution < 1.29 is 18.1 Å². The van der Waals surface area contributed by atoms with E-state index in [1.54, 1.807) is 7.11 Å². The predicted octanol–water partition coefficient (Wildman–Crippen LogP) is 2.77. The number of nitro benzene ring substituents is 1. The van der Waals surface area contributed by atoms with Gasteiger partial charge in [0, 0.05) is 44.0 Å². The Hall–Kier alpha value is -2.36. The van der Waals surface area contributed by atoms with Gasteiger partial charge in [-0.2, -0.15) is 4.31 Å². The Morgan fingerprint density at radius 3 is 2.44 bits per heavy atom. The van der Waals surface area contributed by atoms with Crippen LogP contribution in [0.1, 0.15) is 0 Å². The van der Waals surface area contributed by atoms with E-state index in [4.69, 9.17) is 16.3 Å². The second-order valence-electron chi connectivity index (χ2n) is 5.96. The van der Waals surface area contributed by atoms with Crippen molar-refractivity contribution in [2.75, 3.05) is 38.2 Å². The monoisotopic (exact) mass is 411 g/mol. The van der Waals surface area contributed by atoms with Gasteiger partial charge in [-0.1, -0.05) is 17.7 Å². The summed E-state index contributed by atoms with van der Waals surface area (Å²) in [6.07, 6.45) is 0. The summed E-state index contributed by atoms with van der Waals surface area (Å²) in [6.45, 7) is 1.55. The fourth-order valence-electron chi connectivity index (χ4n) is 2.94. The summed E-state index contributed by atoms with van der Waals surface area (Å²) in [5.41, 5.74) is 0.529. The molecule has 1 aliphatic rings. The molecule has 1 heterocycles. The second kappa shape index (κ2) is 7.71. The highest BCUT2D eigenvalue weighted by atomic mass is 35.5. The van der Waals surface area contributed by atoms with E-state index in [1.165, 1.54) is 16.4 Å². The number of nitrogens with zero attached hydrogens (tertiary/aromatic N) is 3. The molecule has 8 nitrogen and oxygen atoms in total. The van der Waals surface area contributed by atoms with Crippen molar-refractivity contribution in [3.8, 4) is 5.75 Å². The highest BCUT2D eigenvalue weighted by molar-refractivity contribution is 7.89. The molecule has 1 aliphatic heterocycles. The van der Waals surface area contributed by atoms with Crippen LogP contribution < -0.4 is 9.64 Å². The van der Waals surface area contributed by atoms with E-state index in [9.17, 15) is 18.5 Å². The molecular weight excluding hydrogens is 394 g/mol. The number of sulfonamides is 1. The Morgan fingerprint density at radius 2 is 1.81 bits per heavy atom. The summed E-state index contributed by atoms with van der Waals surface area (Å²) in [5.74, 6) is 0.732. The van der Waals surface area contributed by atoms with Crippen molar-refractivity contribution >= 4 is 33.0 Å². The summed E-state index contributed by atoms with van der Waals surface area (Å²) >= 11 is 5.77. The molecule has 0 spiro atoms. The molecule has 144 valence electrons. The number of benzene rings is 2. The number of halogens is 1. The van der Waals surface area contributed by atoms with Crippen molar-refractivity contribution in [1.82, 2.24) is 4.31 Å². The average Bonchev–Trinajstić information content (AvgIpc) is 2.68. The molecule has 0 aliphatic carbocycles. The van der Waals surface area contributed by atoms with Gasteiger partial charge in [0.25, 0.3) is 5.69 Å². The molecule has 27 heavy (non-hydrogen) atoms. The fourth-order valence-corrected chi connectivity index (χ4v) is 4.57. The number of ether oxygens (including phenoxy) is 1. The van der Waals surface area contributed by atoms with Gasteiger partial charge in [-0.05, 0) is 24.3 Å². The molecule has 0 N–H and O–H groups in total. The third-order valence-electron chi connectivity index (χ3n) is 4.41. The molecule has 0 saturated carbocycles. The van der Waals surface area contributed by atoms with Gasteiger partial charge in [-0.3, -0.25) is 10.1 Å². The minimum absolute atomic E-state index is 0.0956. The Balaban J connectivity index is 1.77. The van der Waals surface area contributed by atoms with Gasteiger partial charge in [-0.25, -0.2) is 8.42 Å². The van der Waals surface area contributed by atoms with Gasteiger partial charge in [0.1, 0.15) is 10.8 Å². The first-order valence-electron chi connectivity index (χ1n) is 8.16. The SMILES string of the molecule is COc1cccc(N2CCN(S(=O)(=O)c3ccc(Cl)c([N+](=O)[O-])c3)CC2)c1. The van der Waals surface area contributed by atoms with Crippen LogP contribution in [0.2, 0.25) is 5.02 Å². The van der Waals surface area contributed by atoms with E-state index in [0.717, 1.165) is 17.5 Å². The molecule has 0 unspecified atom stereocenters. The van der Waals surface area contributed by atoms with Gasteiger partial charge in [0.05, 0.1) is 16.9 Å². The molecule has 0 atom stereocenters. The quantitative estimate of drug-likeness (QED) is 0.554. The molecule has 10 heteroatoms. The molecular formula is C17H18ClN3O5S. The molecule has 3 rings (SSSR count). The fraction of sp³-hybridized carbons (Fsp3) is 0.294. The first kappa shape index (κ1) is 19.4. The smallest absolute Gasteiger partial charge is 0.289 e. The summed E-state index contributed by atoms with van der Waals surface area (Å²) in [4.78, 5) is 12.3. The number of methoxy groups -OCH3 is 1. The van der Waals surface area contributed by atoms with E-state index in [1.807, 2.05) is 24.3 Å². The van der Waals surface area contributed by atoms with Crippen LogP contribution >= 0.6 is 11.6 Å². The highest BCUT2D eigenvalue weighted by Crippen LogP contribution is 2.29. The van der Waals surface area contributed by atoms with Crippen molar-refractivity contribution in [3.63, 3.8) is 0 Å². The molecule has 2 aromatic carbocycles. The summed E-state index contributed by atoms with van der Waals surface area (Å²) < 4.78 is 32.2. The van der Waals surface area contributed by atoms with Gasteiger partial charge in [0.15, 0.2) is 0 Å². The zero-order chi connectivity index (χ0) is 19.6. The van der Waals surface area contributed by atoms with Gasteiger partial charge < -0.3 is 9.64 Å². The highest BCUT2D eigenvalue weighted by Gasteiger charge is 2.30. The molecule has 0 amide bonds. The van der Waals surface area contributed by atoms with E-state index in [0.29, 0.717) is 13.1 Å². The molecule has 1 fully saturated rings. The topological polar surface area (TPSA) is 93.0 Å². The van der Waals surface area contributed by atoms with Crippen LogP contribution in [0.25, 0.3) is 0 Å². The number of hydrogen-bond acceptors (Lipinski definition) is 6. The first-order chi connectivity index (χ1) is 12.8. The van der Waals surface area contributed by atoms with Crippen LogP contribution in [0.4, 0.5) is 11.4 Å². The van der Waals surface area contributed by atoms with Crippen LogP contribution in [0, 0.1) is 10.1 Å². The standard InChI is InChI=1S/C17H18ClN3O5S/c1-26-14-4-2-3-13(11-14)19-7-9-20(10-8-19)27(24,25)15-5-6-16(18)17(12-15)21(22)23/h2-6,11-12H,7-10H2,1H3. The lowest BCUT2D eigenvalue weighted by atomic mass is 10.2. The van der Waals surface area contributed by atoms with Gasteiger partial charge in [0.2, 0.25) is 10.0 Å². The van der Waals surface area contributed by atoms with E-state index < -0.39 is 20.6 Å². The lowest BCUT2D eigenvalue weighted by Gasteiger charge is -2.35. The van der Waals surface area contributed by atoms with Crippen LogP contribution in [-0.2, 0) is 10.0 Å². The van der Waals surface area contributed by atoms with Crippen LogP contribution in [0.5, 0.6) is 5.75 Å². The third kappa shape index (κ3) is 4.00. The molecule has 0 aromatic heterocycles. The second-order valence-corrected chi connectivity index (χ2v) is 8.31. The average molecular weight is 412 g/mol. The van der Waals surface area contributed by atoms with E-state index in [-0.39, 0.29) is 23.0 Å². The van der Waals surface area contributed by atoms with Gasteiger partial charge >= 0.3 is 0 Å². The number of piperazine rings is 1. The van der Waals surface area contributed by atoms with Crippen molar-refractivity contribution in [1.29, 1.82) is 0 Å². The third-order valence-corrected chi connectivity index (χ3v) is 6.62.